The second-order valence-electron chi connectivity index (χ2n) is 6.14. The van der Waals surface area contributed by atoms with E-state index in [9.17, 15) is 30.8 Å². The Hall–Kier alpha value is -2.02. The molecular weight excluding hydrogens is 422 g/mol. The number of carbonyl (C=O) groups is 1. The van der Waals surface area contributed by atoms with Gasteiger partial charge in [-0.1, -0.05) is 6.07 Å². The Balaban J connectivity index is 1.85. The number of carbonyl (C=O) groups excluding carboxylic acids is 1. The summed E-state index contributed by atoms with van der Waals surface area (Å²) in [4.78, 5) is 13.3. The van der Waals surface area contributed by atoms with Crippen LogP contribution in [0, 0.1) is 5.82 Å². The van der Waals surface area contributed by atoms with Gasteiger partial charge in [0.2, 0.25) is 5.91 Å². The fourth-order valence-electron chi connectivity index (χ4n) is 2.83. The van der Waals surface area contributed by atoms with Crippen LogP contribution >= 0.6 is 11.3 Å². The lowest BCUT2D eigenvalue weighted by atomic mass is 10.1. The van der Waals surface area contributed by atoms with Gasteiger partial charge >= 0.3 is 6.18 Å². The van der Waals surface area contributed by atoms with Gasteiger partial charge < -0.3 is 5.32 Å². The number of nitrogens with one attached hydrogen (secondary N) is 2. The van der Waals surface area contributed by atoms with Gasteiger partial charge in [0, 0.05) is 17.6 Å². The zero-order valence-corrected chi connectivity index (χ0v) is 16.0. The number of halogens is 4. The first-order chi connectivity index (χ1) is 13.0. The highest BCUT2D eigenvalue weighted by Crippen LogP contribution is 2.34. The van der Waals surface area contributed by atoms with E-state index in [1.165, 1.54) is 18.4 Å². The van der Waals surface area contributed by atoms with Gasteiger partial charge in [-0.2, -0.15) is 30.6 Å². The number of amides is 1. The van der Waals surface area contributed by atoms with Crippen LogP contribution in [0.3, 0.4) is 0 Å². The number of alkyl halides is 3. The molecule has 152 valence electrons. The predicted molar refractivity (Wildman–Crippen MR) is 95.3 cm³/mol. The Morgan fingerprint density at radius 2 is 2.04 bits per heavy atom. The molecule has 2 heterocycles. The summed E-state index contributed by atoms with van der Waals surface area (Å²) in [5.74, 6) is -2.28. The van der Waals surface area contributed by atoms with Crippen molar-refractivity contribution in [1.29, 1.82) is 0 Å². The Kier molecular flexibility index (Phi) is 5.49. The van der Waals surface area contributed by atoms with Crippen molar-refractivity contribution in [3.05, 3.63) is 52.0 Å². The highest BCUT2D eigenvalue weighted by atomic mass is 32.2. The lowest BCUT2D eigenvalue weighted by Gasteiger charge is -2.35. The van der Waals surface area contributed by atoms with E-state index in [0.29, 0.717) is 17.0 Å². The number of anilines is 1. The second-order valence-corrected chi connectivity index (χ2v) is 8.88. The zero-order chi connectivity index (χ0) is 20.7. The molecule has 0 aliphatic carbocycles. The van der Waals surface area contributed by atoms with Crippen LogP contribution in [0.25, 0.3) is 0 Å². The van der Waals surface area contributed by atoms with Crippen LogP contribution < -0.4 is 10.0 Å². The van der Waals surface area contributed by atoms with Gasteiger partial charge in [-0.3, -0.25) is 4.79 Å². The summed E-state index contributed by atoms with van der Waals surface area (Å²) in [5.41, 5.74) is -1.80. The monoisotopic (exact) mass is 437 g/mol. The average Bonchev–Trinajstić information content (AvgIpc) is 3.12. The number of likely N-dealkylation sites (N-methyl/N-ethyl adjacent to an activating group) is 1. The molecule has 2 N–H and O–H groups in total. The summed E-state index contributed by atoms with van der Waals surface area (Å²) < 4.78 is 79.9. The molecule has 1 aromatic heterocycles. The van der Waals surface area contributed by atoms with Crippen molar-refractivity contribution < 1.29 is 30.8 Å². The van der Waals surface area contributed by atoms with Crippen LogP contribution in [-0.4, -0.2) is 31.7 Å². The molecule has 1 fully saturated rings. The number of hydrogen-bond acceptors (Lipinski definition) is 4. The zero-order valence-electron chi connectivity index (χ0n) is 14.3. The molecule has 2 aromatic rings. The van der Waals surface area contributed by atoms with Crippen LogP contribution in [0.5, 0.6) is 0 Å². The molecule has 2 atom stereocenters. The van der Waals surface area contributed by atoms with Crippen molar-refractivity contribution in [3.8, 4) is 0 Å². The van der Waals surface area contributed by atoms with Crippen molar-refractivity contribution in [1.82, 2.24) is 9.03 Å². The number of nitrogens with zero attached hydrogens (tertiary/aromatic N) is 1. The molecule has 12 heteroatoms. The molecule has 6 nitrogen and oxygen atoms in total. The van der Waals surface area contributed by atoms with Gasteiger partial charge in [0.05, 0.1) is 11.6 Å². The minimum atomic E-state index is -4.93. The Morgan fingerprint density at radius 1 is 1.32 bits per heavy atom. The number of hydrogen-bond donors (Lipinski definition) is 2. The Labute approximate surface area is 162 Å². The van der Waals surface area contributed by atoms with Gasteiger partial charge in [0.1, 0.15) is 11.9 Å². The predicted octanol–water partition coefficient (Wildman–Crippen LogP) is 3.12. The first kappa shape index (κ1) is 20.7. The molecule has 28 heavy (non-hydrogen) atoms. The maximum Gasteiger partial charge on any atom is 0.419 e. The molecule has 1 amide bonds. The molecule has 1 aliphatic rings. The fourth-order valence-corrected chi connectivity index (χ4v) is 4.96. The molecule has 0 spiro atoms. The van der Waals surface area contributed by atoms with Crippen molar-refractivity contribution in [3.63, 3.8) is 0 Å². The van der Waals surface area contributed by atoms with Gasteiger partial charge in [-0.25, -0.2) is 4.39 Å². The summed E-state index contributed by atoms with van der Waals surface area (Å²) in [7, 11) is -2.77. The molecule has 1 aromatic carbocycles. The van der Waals surface area contributed by atoms with E-state index in [4.69, 9.17) is 0 Å². The van der Waals surface area contributed by atoms with Gasteiger partial charge in [0.15, 0.2) is 0 Å². The van der Waals surface area contributed by atoms with Crippen molar-refractivity contribution in [2.75, 3.05) is 12.4 Å². The van der Waals surface area contributed by atoms with Crippen molar-refractivity contribution in [2.45, 2.75) is 24.7 Å². The normalized spacial score (nSPS) is 22.8. The van der Waals surface area contributed by atoms with Gasteiger partial charge in [-0.15, -0.1) is 11.3 Å². The third-order valence-corrected chi connectivity index (χ3v) is 6.88. The number of rotatable bonds is 3. The van der Waals surface area contributed by atoms with Crippen molar-refractivity contribution in [2.24, 2.45) is 0 Å². The molecule has 0 bridgehead atoms. The van der Waals surface area contributed by atoms with E-state index in [2.05, 4.69) is 10.0 Å². The first-order valence-corrected chi connectivity index (χ1v) is 10.3. The summed E-state index contributed by atoms with van der Waals surface area (Å²) in [6.45, 7) is 0. The molecule has 0 saturated carbocycles. The molecule has 3 rings (SSSR count). The fraction of sp³-hybridized carbons (Fsp3) is 0.312. The van der Waals surface area contributed by atoms with Gasteiger partial charge in [-0.05, 0) is 36.1 Å². The van der Waals surface area contributed by atoms with E-state index < -0.39 is 45.8 Å². The second kappa shape index (κ2) is 7.43. The lowest BCUT2D eigenvalue weighted by Crippen LogP contribution is -2.55. The first-order valence-electron chi connectivity index (χ1n) is 7.95. The van der Waals surface area contributed by atoms with E-state index >= 15 is 0 Å². The van der Waals surface area contributed by atoms with Crippen LogP contribution in [0.4, 0.5) is 23.2 Å². The number of thiophene rings is 1. The maximum atomic E-state index is 13.4. The Morgan fingerprint density at radius 3 is 2.64 bits per heavy atom. The summed E-state index contributed by atoms with van der Waals surface area (Å²) in [6.07, 6.45) is -4.85. The summed E-state index contributed by atoms with van der Waals surface area (Å²) in [6, 6.07) is 3.70. The molecule has 0 radical (unpaired) electrons. The summed E-state index contributed by atoms with van der Waals surface area (Å²) >= 11 is 1.31. The minimum absolute atomic E-state index is 0.0788. The third-order valence-electron chi connectivity index (χ3n) is 4.30. The minimum Gasteiger partial charge on any atom is -0.325 e. The largest absolute Gasteiger partial charge is 0.419 e. The van der Waals surface area contributed by atoms with Gasteiger partial charge in [0.25, 0.3) is 10.2 Å². The Bertz CT molecular complexity index is 978. The average molecular weight is 437 g/mol. The molecule has 0 unspecified atom stereocenters. The maximum absolute atomic E-state index is 13.4. The highest BCUT2D eigenvalue weighted by Gasteiger charge is 2.41. The van der Waals surface area contributed by atoms with E-state index in [1.54, 1.807) is 17.5 Å². The highest BCUT2D eigenvalue weighted by molar-refractivity contribution is 7.87. The summed E-state index contributed by atoms with van der Waals surface area (Å²) in [5, 5.41) is 4.01. The smallest absolute Gasteiger partial charge is 0.325 e. The molecule has 1 aliphatic heterocycles. The van der Waals surface area contributed by atoms with Crippen LogP contribution in [-0.2, 0) is 21.2 Å². The van der Waals surface area contributed by atoms with E-state index in [0.717, 1.165) is 10.4 Å². The molecule has 1 saturated heterocycles. The third kappa shape index (κ3) is 4.19. The standard InChI is InChI=1S/C16H15F4N3O3S2/c1-23-13(8-12(22-28(23,25)26)14-3-2-6-27-14)15(24)21-9-4-5-11(17)10(7-9)16(18,19)20/h2-7,12-13,22H,8H2,1H3,(H,21,24)/t12-,13+/m1/s1. The van der Waals surface area contributed by atoms with Crippen LogP contribution in [0.1, 0.15) is 22.9 Å². The van der Waals surface area contributed by atoms with E-state index in [1.807, 2.05) is 0 Å². The number of benzene rings is 1. The lowest BCUT2D eigenvalue weighted by molar-refractivity contribution is -0.140. The topological polar surface area (TPSA) is 78.5 Å². The van der Waals surface area contributed by atoms with Crippen LogP contribution in [0.15, 0.2) is 35.7 Å². The quantitative estimate of drug-likeness (QED) is 0.725. The van der Waals surface area contributed by atoms with Crippen LogP contribution in [0.2, 0.25) is 0 Å². The van der Waals surface area contributed by atoms with E-state index in [-0.39, 0.29) is 12.1 Å². The van der Waals surface area contributed by atoms with Crippen molar-refractivity contribution >= 4 is 33.1 Å². The molecular formula is C16H15F4N3O3S2. The SMILES string of the molecule is CN1[C@H](C(=O)Nc2ccc(F)c(C(F)(F)F)c2)C[C@H](c2cccs2)NS1(=O)=O.